The Balaban J connectivity index is 1.32. The summed E-state index contributed by atoms with van der Waals surface area (Å²) in [5, 5.41) is 2.68. The molecule has 11 rings (SSSR count). The van der Waals surface area contributed by atoms with Crippen molar-refractivity contribution in [2.75, 3.05) is 0 Å². The van der Waals surface area contributed by atoms with E-state index in [9.17, 15) is 0 Å². The van der Waals surface area contributed by atoms with Crippen LogP contribution in [-0.4, -0.2) is 9.31 Å². The van der Waals surface area contributed by atoms with E-state index < -0.39 is 5.41 Å². The third-order valence-electron chi connectivity index (χ3n) is 12.2. The Labute approximate surface area is 279 Å². The second-order valence-corrected chi connectivity index (χ2v) is 15.8. The minimum Gasteiger partial charge on any atom is -0.332 e. The van der Waals surface area contributed by atoms with E-state index in [1.165, 1.54) is 71.2 Å². The van der Waals surface area contributed by atoms with Crippen LogP contribution in [0.15, 0.2) is 157 Å². The number of nitrogens with zero attached hydrogens (tertiary/aromatic N) is 1. The molecule has 2 aliphatic heterocycles. The summed E-state index contributed by atoms with van der Waals surface area (Å²) < 4.78 is 2.69. The highest BCUT2D eigenvalue weighted by Gasteiger charge is 2.62. The second kappa shape index (κ2) is 8.76. The average Bonchev–Trinajstić information content (AvgIpc) is 3.72. The monoisotopic (exact) mass is 619 g/mol. The topological polar surface area (TPSA) is 4.93 Å². The van der Waals surface area contributed by atoms with Crippen molar-refractivity contribution in [1.82, 2.24) is 4.57 Å². The molecule has 3 aliphatic carbocycles. The van der Waals surface area contributed by atoms with Gasteiger partial charge in [-0.05, 0) is 57.5 Å². The van der Waals surface area contributed by atoms with Gasteiger partial charge < -0.3 is 4.57 Å². The molecule has 6 aromatic rings. The van der Waals surface area contributed by atoms with Crippen molar-refractivity contribution in [2.45, 2.75) is 40.9 Å². The summed E-state index contributed by atoms with van der Waals surface area (Å²) in [6, 6.07) is 39.7. The largest absolute Gasteiger partial charge is 0.332 e. The van der Waals surface area contributed by atoms with Crippen molar-refractivity contribution < 1.29 is 0 Å². The third kappa shape index (κ3) is 2.92. The van der Waals surface area contributed by atoms with E-state index in [1.54, 1.807) is 0 Å². The van der Waals surface area contributed by atoms with E-state index in [4.69, 9.17) is 0 Å². The minimum atomic E-state index is -0.409. The molecule has 1 spiro atoms. The van der Waals surface area contributed by atoms with Crippen molar-refractivity contribution in [3.63, 3.8) is 0 Å². The first-order valence-electron chi connectivity index (χ1n) is 16.9. The van der Waals surface area contributed by atoms with Gasteiger partial charge in [0.1, 0.15) is 0 Å². The van der Waals surface area contributed by atoms with Gasteiger partial charge in [-0.25, -0.2) is 0 Å². The predicted octanol–water partition coefficient (Wildman–Crippen LogP) is 11.5. The summed E-state index contributed by atoms with van der Waals surface area (Å²) in [5.41, 5.74) is 13.2. The van der Waals surface area contributed by atoms with Crippen molar-refractivity contribution in [1.29, 1.82) is 0 Å². The van der Waals surface area contributed by atoms with Gasteiger partial charge in [0.25, 0.3) is 0 Å². The Hall–Kier alpha value is -4.79. The number of thioether (sulfide) groups is 1. The molecule has 0 N–H and O–H groups in total. The van der Waals surface area contributed by atoms with Crippen LogP contribution in [0.2, 0.25) is 0 Å². The predicted molar refractivity (Wildman–Crippen MR) is 197 cm³/mol. The molecule has 0 saturated carbocycles. The highest BCUT2D eigenvalue weighted by molar-refractivity contribution is 8.01. The van der Waals surface area contributed by atoms with Crippen LogP contribution in [-0.2, 0) is 5.41 Å². The summed E-state index contributed by atoms with van der Waals surface area (Å²) >= 11 is 2.05. The van der Waals surface area contributed by atoms with Crippen LogP contribution in [0, 0.1) is 5.41 Å². The van der Waals surface area contributed by atoms with Crippen molar-refractivity contribution in [3.8, 4) is 22.3 Å². The van der Waals surface area contributed by atoms with Gasteiger partial charge in [-0.1, -0.05) is 153 Å². The van der Waals surface area contributed by atoms with Gasteiger partial charge >= 0.3 is 0 Å². The Bertz CT molecular complexity index is 2510. The zero-order chi connectivity index (χ0) is 31.1. The normalized spacial score (nSPS) is 28.5. The molecule has 0 saturated heterocycles. The first kappa shape index (κ1) is 26.3. The first-order valence-corrected chi connectivity index (χ1v) is 17.7. The molecule has 0 fully saturated rings. The Morgan fingerprint density at radius 1 is 0.596 bits per heavy atom. The van der Waals surface area contributed by atoms with Crippen LogP contribution in [0.4, 0.5) is 0 Å². The standard InChI is InChI=1S/C45H33NS/c1-43-26-9-8-25-39(43)46-38-24-6-4-15-29(38)32-18-13-23-37(41(32)46)45(43)36-22-5-3-14-28(36)30-16-11-17-31(40(30)45)33-19-12-20-34-35-21-7-10-27-44(35,2)47-42(33)34/h3-27,35,39H,1-2H3. The summed E-state index contributed by atoms with van der Waals surface area (Å²) in [5.74, 6) is 0.378. The number of allylic oxidation sites excluding steroid dienone is 7. The number of hydrogen-bond acceptors (Lipinski definition) is 1. The first-order chi connectivity index (χ1) is 23.1. The number of benzene rings is 5. The van der Waals surface area contributed by atoms with Crippen LogP contribution in [0.1, 0.15) is 48.1 Å². The number of hydrogen-bond donors (Lipinski definition) is 0. The molecule has 5 unspecified atom stereocenters. The number of para-hydroxylation sites is 2. The maximum Gasteiger partial charge on any atom is 0.0629 e. The molecule has 1 nitrogen and oxygen atoms in total. The average molecular weight is 620 g/mol. The van der Waals surface area contributed by atoms with Crippen molar-refractivity contribution >= 4 is 33.6 Å². The molecule has 2 heteroatoms. The summed E-state index contributed by atoms with van der Waals surface area (Å²) in [4.78, 5) is 1.43. The van der Waals surface area contributed by atoms with Gasteiger partial charge in [-0.3, -0.25) is 0 Å². The molecule has 5 atom stereocenters. The molecule has 47 heavy (non-hydrogen) atoms. The van der Waals surface area contributed by atoms with Gasteiger partial charge in [-0.2, -0.15) is 0 Å². The number of fused-ring (bicyclic) bond motifs is 15. The Kier molecular flexibility index (Phi) is 4.90. The fourth-order valence-electron chi connectivity index (χ4n) is 10.4. The zero-order valence-electron chi connectivity index (χ0n) is 26.4. The van der Waals surface area contributed by atoms with Crippen LogP contribution >= 0.6 is 11.8 Å². The van der Waals surface area contributed by atoms with Crippen molar-refractivity contribution in [2.24, 2.45) is 5.41 Å². The fourth-order valence-corrected chi connectivity index (χ4v) is 11.9. The molecule has 1 aromatic heterocycles. The minimum absolute atomic E-state index is 0.0249. The lowest BCUT2D eigenvalue weighted by atomic mass is 9.50. The van der Waals surface area contributed by atoms with Gasteiger partial charge in [0.15, 0.2) is 0 Å². The zero-order valence-corrected chi connectivity index (χ0v) is 27.3. The highest BCUT2D eigenvalue weighted by Crippen LogP contribution is 2.70. The van der Waals surface area contributed by atoms with Crippen LogP contribution < -0.4 is 0 Å². The molecule has 224 valence electrons. The van der Waals surface area contributed by atoms with E-state index in [0.717, 1.165) is 0 Å². The van der Waals surface area contributed by atoms with Gasteiger partial charge in [0.2, 0.25) is 0 Å². The van der Waals surface area contributed by atoms with E-state index in [2.05, 4.69) is 170 Å². The summed E-state index contributed by atoms with van der Waals surface area (Å²) in [7, 11) is 0. The van der Waals surface area contributed by atoms with Gasteiger partial charge in [-0.15, -0.1) is 11.8 Å². The second-order valence-electron chi connectivity index (χ2n) is 14.3. The molecule has 0 bridgehead atoms. The molecule has 0 amide bonds. The molecule has 5 aliphatic rings. The van der Waals surface area contributed by atoms with Crippen LogP contribution in [0.5, 0.6) is 0 Å². The van der Waals surface area contributed by atoms with Gasteiger partial charge in [0, 0.05) is 37.3 Å². The highest BCUT2D eigenvalue weighted by atomic mass is 32.2. The maximum atomic E-state index is 2.66. The van der Waals surface area contributed by atoms with E-state index in [0.29, 0.717) is 5.92 Å². The van der Waals surface area contributed by atoms with E-state index in [-0.39, 0.29) is 16.2 Å². The SMILES string of the molecule is CC12C=CC=CC1c1cccc(-c3cccc4c3C3(c5ccccc5-4)c4cccc5c6ccccc6n(c45)C4C=CC=CC43C)c1S2. The number of rotatable bonds is 1. The van der Waals surface area contributed by atoms with Gasteiger partial charge in [0.05, 0.1) is 17.0 Å². The van der Waals surface area contributed by atoms with E-state index in [1.807, 2.05) is 11.8 Å². The van der Waals surface area contributed by atoms with Crippen LogP contribution in [0.25, 0.3) is 44.1 Å². The third-order valence-corrected chi connectivity index (χ3v) is 13.7. The summed E-state index contributed by atoms with van der Waals surface area (Å²) in [6.07, 6.45) is 18.8. The lowest BCUT2D eigenvalue weighted by molar-refractivity contribution is 0.205. The molecule has 5 aromatic carbocycles. The Morgan fingerprint density at radius 2 is 1.28 bits per heavy atom. The quantitative estimate of drug-likeness (QED) is 0.177. The number of aromatic nitrogens is 1. The summed E-state index contributed by atoms with van der Waals surface area (Å²) in [6.45, 7) is 4.94. The molecule has 0 radical (unpaired) electrons. The van der Waals surface area contributed by atoms with Crippen molar-refractivity contribution in [3.05, 3.63) is 174 Å². The molecular weight excluding hydrogens is 587 g/mol. The van der Waals surface area contributed by atoms with Crippen LogP contribution in [0.3, 0.4) is 0 Å². The maximum absolute atomic E-state index is 2.66. The molecule has 3 heterocycles. The van der Waals surface area contributed by atoms with E-state index >= 15 is 0 Å². The smallest absolute Gasteiger partial charge is 0.0629 e. The Morgan fingerprint density at radius 3 is 2.21 bits per heavy atom. The lowest BCUT2D eigenvalue weighted by Crippen LogP contribution is -2.51. The fraction of sp³-hybridized carbons (Fsp3) is 0.156. The lowest BCUT2D eigenvalue weighted by Gasteiger charge is -2.55. The molecular formula is C45H33NS.